The summed E-state index contributed by atoms with van der Waals surface area (Å²) in [5.74, 6) is -1.12. The summed E-state index contributed by atoms with van der Waals surface area (Å²) < 4.78 is 4.70. The second kappa shape index (κ2) is 4.69. The summed E-state index contributed by atoms with van der Waals surface area (Å²) in [7, 11) is 0. The molecule has 0 spiro atoms. The van der Waals surface area contributed by atoms with Gasteiger partial charge in [-0.15, -0.1) is 0 Å². The number of amides is 1. The second-order valence-corrected chi connectivity index (χ2v) is 3.66. The molecule has 1 heterocycles. The molecule has 0 bridgehead atoms. The maximum Gasteiger partial charge on any atom is 0.310 e. The number of benzene rings is 1. The van der Waals surface area contributed by atoms with Crippen LogP contribution in [0.25, 0.3) is 10.9 Å². The van der Waals surface area contributed by atoms with E-state index in [2.05, 4.69) is 4.98 Å². The van der Waals surface area contributed by atoms with Crippen LogP contribution in [0, 0.1) is 0 Å². The Kier molecular flexibility index (Phi) is 3.09. The fraction of sp³-hybridized carbons (Fsp3) is 0.167. The molecule has 2 rings (SSSR count). The normalized spacial score (nSPS) is 10.4. The molecule has 3 N–H and O–H groups in total. The molecule has 0 saturated heterocycles. The van der Waals surface area contributed by atoms with E-state index in [1.54, 1.807) is 6.20 Å². The smallest absolute Gasteiger partial charge is 0.310 e. The van der Waals surface area contributed by atoms with Crippen LogP contribution in [-0.4, -0.2) is 23.5 Å². The first-order chi connectivity index (χ1) is 8.16. The van der Waals surface area contributed by atoms with Crippen molar-refractivity contribution in [3.8, 4) is 0 Å². The average molecular weight is 232 g/mol. The first-order valence-corrected chi connectivity index (χ1v) is 5.16. The summed E-state index contributed by atoms with van der Waals surface area (Å²) in [6.07, 6.45) is 1.88. The summed E-state index contributed by atoms with van der Waals surface area (Å²) in [5, 5.41) is 0.975. The molecule has 0 unspecified atom stereocenters. The number of esters is 1. The lowest BCUT2D eigenvalue weighted by Crippen LogP contribution is -2.21. The lowest BCUT2D eigenvalue weighted by molar-refractivity contribution is -0.147. The molecule has 1 aromatic carbocycles. The predicted molar refractivity (Wildman–Crippen MR) is 62.2 cm³/mol. The van der Waals surface area contributed by atoms with E-state index in [1.165, 1.54) is 0 Å². The van der Waals surface area contributed by atoms with Crippen LogP contribution in [0.5, 0.6) is 0 Å². The quantitative estimate of drug-likeness (QED) is 0.762. The maximum absolute atomic E-state index is 11.4. The molecule has 17 heavy (non-hydrogen) atoms. The molecule has 0 saturated carbocycles. The third kappa shape index (κ3) is 2.63. The molecule has 0 aliphatic carbocycles. The van der Waals surface area contributed by atoms with Gasteiger partial charge in [-0.1, -0.05) is 18.2 Å². The highest BCUT2D eigenvalue weighted by Crippen LogP contribution is 2.18. The van der Waals surface area contributed by atoms with E-state index < -0.39 is 11.9 Å². The summed E-state index contributed by atoms with van der Waals surface area (Å²) >= 11 is 0. The number of hydrogen-bond acceptors (Lipinski definition) is 3. The number of carbonyl (C=O) groups excluding carboxylic acids is 2. The van der Waals surface area contributed by atoms with Gasteiger partial charge in [-0.2, -0.15) is 0 Å². The van der Waals surface area contributed by atoms with Gasteiger partial charge in [0.2, 0.25) is 0 Å². The fourth-order valence-corrected chi connectivity index (χ4v) is 1.64. The molecule has 2 aromatic rings. The van der Waals surface area contributed by atoms with E-state index in [4.69, 9.17) is 10.5 Å². The van der Waals surface area contributed by atoms with Crippen molar-refractivity contribution >= 4 is 22.8 Å². The number of aromatic nitrogens is 1. The summed E-state index contributed by atoms with van der Waals surface area (Å²) in [6, 6.07) is 7.65. The Morgan fingerprint density at radius 3 is 2.82 bits per heavy atom. The van der Waals surface area contributed by atoms with E-state index in [-0.39, 0.29) is 13.0 Å². The molecule has 5 nitrogen and oxygen atoms in total. The van der Waals surface area contributed by atoms with Crippen molar-refractivity contribution in [2.24, 2.45) is 5.73 Å². The Bertz CT molecular complexity index is 560. The van der Waals surface area contributed by atoms with Crippen molar-refractivity contribution in [2.75, 3.05) is 6.61 Å². The molecule has 0 fully saturated rings. The van der Waals surface area contributed by atoms with E-state index in [9.17, 15) is 9.59 Å². The Hall–Kier alpha value is -2.30. The number of carbonyl (C=O) groups is 2. The van der Waals surface area contributed by atoms with Gasteiger partial charge in [0.15, 0.2) is 6.61 Å². The van der Waals surface area contributed by atoms with Crippen molar-refractivity contribution < 1.29 is 14.3 Å². The number of hydrogen-bond donors (Lipinski definition) is 2. The van der Waals surface area contributed by atoms with Gasteiger partial charge in [0.05, 0.1) is 6.42 Å². The Morgan fingerprint density at radius 1 is 1.29 bits per heavy atom. The second-order valence-electron chi connectivity index (χ2n) is 3.66. The number of fused-ring (bicyclic) bond motifs is 1. The molecule has 0 radical (unpaired) electrons. The number of primary amides is 1. The molecule has 88 valence electrons. The molecular weight excluding hydrogens is 220 g/mol. The first-order valence-electron chi connectivity index (χ1n) is 5.16. The molecule has 0 aliphatic rings. The van der Waals surface area contributed by atoms with Crippen LogP contribution in [0.15, 0.2) is 30.5 Å². The molecule has 1 aromatic heterocycles. The van der Waals surface area contributed by atoms with Crippen LogP contribution in [0.1, 0.15) is 5.56 Å². The molecule has 1 amide bonds. The summed E-state index contributed by atoms with van der Waals surface area (Å²) in [5.41, 5.74) is 6.69. The SMILES string of the molecule is NC(=O)COC(=O)Cc1c[nH]c2ccccc12. The predicted octanol–water partition coefficient (Wildman–Crippen LogP) is 0.739. The number of aromatic amines is 1. The Morgan fingerprint density at radius 2 is 2.06 bits per heavy atom. The number of nitrogens with two attached hydrogens (primary N) is 1. The van der Waals surface area contributed by atoms with Crippen LogP contribution in [0.4, 0.5) is 0 Å². The van der Waals surface area contributed by atoms with Gasteiger partial charge >= 0.3 is 5.97 Å². The zero-order valence-electron chi connectivity index (χ0n) is 9.10. The van der Waals surface area contributed by atoms with Crippen molar-refractivity contribution in [1.29, 1.82) is 0 Å². The minimum atomic E-state index is -0.655. The van der Waals surface area contributed by atoms with Gasteiger partial charge in [-0.25, -0.2) is 0 Å². The summed E-state index contributed by atoms with van der Waals surface area (Å²) in [4.78, 5) is 24.9. The largest absolute Gasteiger partial charge is 0.455 e. The molecular formula is C12H12N2O3. The monoisotopic (exact) mass is 232 g/mol. The van der Waals surface area contributed by atoms with Crippen molar-refractivity contribution in [3.05, 3.63) is 36.0 Å². The number of H-pyrrole nitrogens is 1. The molecule has 0 atom stereocenters. The maximum atomic E-state index is 11.4. The van der Waals surface area contributed by atoms with Gasteiger partial charge in [-0.05, 0) is 11.6 Å². The van der Waals surface area contributed by atoms with Gasteiger partial charge in [0.1, 0.15) is 0 Å². The number of rotatable bonds is 4. The van der Waals surface area contributed by atoms with Gasteiger partial charge < -0.3 is 15.5 Å². The lowest BCUT2D eigenvalue weighted by atomic mass is 10.1. The number of nitrogens with one attached hydrogen (secondary N) is 1. The Labute approximate surface area is 97.6 Å². The standard InChI is InChI=1S/C12H12N2O3/c13-11(15)7-17-12(16)5-8-6-14-10-4-2-1-3-9(8)10/h1-4,6,14H,5,7H2,(H2,13,15). The van der Waals surface area contributed by atoms with Crippen molar-refractivity contribution in [3.63, 3.8) is 0 Å². The Balaban J connectivity index is 2.08. The van der Waals surface area contributed by atoms with Crippen LogP contribution >= 0.6 is 0 Å². The van der Waals surface area contributed by atoms with Gasteiger partial charge in [0.25, 0.3) is 5.91 Å². The zero-order valence-corrected chi connectivity index (χ0v) is 9.10. The first kappa shape index (κ1) is 11.2. The number of ether oxygens (including phenoxy) is 1. The van der Waals surface area contributed by atoms with Crippen LogP contribution < -0.4 is 5.73 Å². The van der Waals surface area contributed by atoms with E-state index in [0.717, 1.165) is 16.5 Å². The van der Waals surface area contributed by atoms with Crippen LogP contribution in [0.3, 0.4) is 0 Å². The van der Waals surface area contributed by atoms with Crippen LogP contribution in [-0.2, 0) is 20.7 Å². The zero-order chi connectivity index (χ0) is 12.3. The third-order valence-corrected chi connectivity index (χ3v) is 2.39. The minimum Gasteiger partial charge on any atom is -0.455 e. The van der Waals surface area contributed by atoms with Crippen molar-refractivity contribution in [2.45, 2.75) is 6.42 Å². The van der Waals surface area contributed by atoms with E-state index in [0.29, 0.717) is 0 Å². The van der Waals surface area contributed by atoms with Gasteiger partial charge in [0, 0.05) is 17.1 Å². The summed E-state index contributed by atoms with van der Waals surface area (Å²) in [6.45, 7) is -0.374. The lowest BCUT2D eigenvalue weighted by Gasteiger charge is -2.01. The topological polar surface area (TPSA) is 85.2 Å². The minimum absolute atomic E-state index is 0.122. The highest BCUT2D eigenvalue weighted by Gasteiger charge is 2.10. The number of para-hydroxylation sites is 1. The van der Waals surface area contributed by atoms with Gasteiger partial charge in [-0.3, -0.25) is 9.59 Å². The highest BCUT2D eigenvalue weighted by atomic mass is 16.5. The van der Waals surface area contributed by atoms with E-state index >= 15 is 0 Å². The van der Waals surface area contributed by atoms with Crippen LogP contribution in [0.2, 0.25) is 0 Å². The fourth-order valence-electron chi connectivity index (χ4n) is 1.64. The van der Waals surface area contributed by atoms with Crippen molar-refractivity contribution in [1.82, 2.24) is 4.98 Å². The third-order valence-electron chi connectivity index (χ3n) is 2.39. The van der Waals surface area contributed by atoms with E-state index in [1.807, 2.05) is 24.3 Å². The highest BCUT2D eigenvalue weighted by molar-refractivity contribution is 5.87. The average Bonchev–Trinajstić information content (AvgIpc) is 2.70. The molecule has 5 heteroatoms. The molecule has 0 aliphatic heterocycles.